The van der Waals surface area contributed by atoms with Crippen LogP contribution in [0.1, 0.15) is 54.4 Å². The van der Waals surface area contributed by atoms with Gasteiger partial charge in [0.25, 0.3) is 5.91 Å². The summed E-state index contributed by atoms with van der Waals surface area (Å²) >= 11 is 0. The topological polar surface area (TPSA) is 59.3 Å². The minimum atomic E-state index is -0.0262. The van der Waals surface area contributed by atoms with Crippen molar-refractivity contribution >= 4 is 11.6 Å². The molecule has 26 heavy (non-hydrogen) atoms. The van der Waals surface area contributed by atoms with Crippen LogP contribution >= 0.6 is 0 Å². The van der Waals surface area contributed by atoms with Gasteiger partial charge >= 0.3 is 0 Å². The standard InChI is InChI=1S/C21H26N4O/c1-15-12-19-23-13-16(14-25(19)24-15)6-5-11-22-20(26)17-7-9-18(10-8-17)21(2,3)4/h7-10,12-14H,5-6,11H2,1-4H3,(H,22,26). The maximum absolute atomic E-state index is 12.3. The molecule has 0 radical (unpaired) electrons. The van der Waals surface area contributed by atoms with E-state index in [0.29, 0.717) is 12.1 Å². The second-order valence-electron chi connectivity index (χ2n) is 7.74. The molecule has 0 aliphatic carbocycles. The highest BCUT2D eigenvalue weighted by Crippen LogP contribution is 2.22. The summed E-state index contributed by atoms with van der Waals surface area (Å²) in [4.78, 5) is 16.7. The number of rotatable bonds is 5. The van der Waals surface area contributed by atoms with Crippen LogP contribution in [0.5, 0.6) is 0 Å². The van der Waals surface area contributed by atoms with Crippen molar-refractivity contribution in [1.82, 2.24) is 19.9 Å². The smallest absolute Gasteiger partial charge is 0.251 e. The molecule has 5 heteroatoms. The van der Waals surface area contributed by atoms with Crippen LogP contribution in [0, 0.1) is 6.92 Å². The van der Waals surface area contributed by atoms with E-state index in [9.17, 15) is 4.79 Å². The van der Waals surface area contributed by atoms with Crippen LogP contribution in [0.3, 0.4) is 0 Å². The van der Waals surface area contributed by atoms with Gasteiger partial charge in [0.2, 0.25) is 0 Å². The summed E-state index contributed by atoms with van der Waals surface area (Å²) in [6, 6.07) is 9.81. The largest absolute Gasteiger partial charge is 0.352 e. The average Bonchev–Trinajstić information content (AvgIpc) is 2.97. The maximum atomic E-state index is 12.3. The van der Waals surface area contributed by atoms with E-state index in [4.69, 9.17) is 0 Å². The lowest BCUT2D eigenvalue weighted by Gasteiger charge is -2.19. The van der Waals surface area contributed by atoms with Crippen LogP contribution in [-0.2, 0) is 11.8 Å². The van der Waals surface area contributed by atoms with Gasteiger partial charge in [0.05, 0.1) is 5.69 Å². The number of carbonyl (C=O) groups excluding carboxylic acids is 1. The third-order valence-electron chi connectivity index (χ3n) is 4.43. The molecule has 2 aromatic heterocycles. The second-order valence-corrected chi connectivity index (χ2v) is 7.74. The van der Waals surface area contributed by atoms with E-state index in [-0.39, 0.29) is 11.3 Å². The quantitative estimate of drug-likeness (QED) is 0.714. The first-order valence-corrected chi connectivity index (χ1v) is 9.02. The average molecular weight is 350 g/mol. The van der Waals surface area contributed by atoms with E-state index in [0.717, 1.165) is 29.7 Å². The van der Waals surface area contributed by atoms with Crippen LogP contribution in [0.25, 0.3) is 5.65 Å². The Bertz CT molecular complexity index is 904. The third-order valence-corrected chi connectivity index (χ3v) is 4.43. The zero-order chi connectivity index (χ0) is 18.7. The molecule has 2 heterocycles. The zero-order valence-corrected chi connectivity index (χ0v) is 15.9. The van der Waals surface area contributed by atoms with Gasteiger partial charge in [-0.15, -0.1) is 0 Å². The Morgan fingerprint density at radius 3 is 2.62 bits per heavy atom. The molecule has 0 bridgehead atoms. The highest BCUT2D eigenvalue weighted by atomic mass is 16.1. The summed E-state index contributed by atoms with van der Waals surface area (Å²) < 4.78 is 1.81. The molecule has 0 atom stereocenters. The molecule has 136 valence electrons. The summed E-state index contributed by atoms with van der Waals surface area (Å²) in [5.74, 6) is -0.0262. The van der Waals surface area contributed by atoms with E-state index in [2.05, 4.69) is 36.2 Å². The van der Waals surface area contributed by atoms with E-state index >= 15 is 0 Å². The number of nitrogens with one attached hydrogen (secondary N) is 1. The molecule has 0 saturated heterocycles. The van der Waals surface area contributed by atoms with Crippen LogP contribution in [0.15, 0.2) is 42.7 Å². The molecule has 0 aliphatic rings. The van der Waals surface area contributed by atoms with Gasteiger partial charge < -0.3 is 5.32 Å². The highest BCUT2D eigenvalue weighted by molar-refractivity contribution is 5.94. The zero-order valence-electron chi connectivity index (χ0n) is 15.9. The number of carbonyl (C=O) groups is 1. The molecular weight excluding hydrogens is 324 g/mol. The third kappa shape index (κ3) is 4.28. The number of hydrogen-bond acceptors (Lipinski definition) is 3. The van der Waals surface area contributed by atoms with Crippen LogP contribution in [0.4, 0.5) is 0 Å². The lowest BCUT2D eigenvalue weighted by molar-refractivity contribution is 0.0953. The van der Waals surface area contributed by atoms with Gasteiger partial charge in [-0.25, -0.2) is 9.50 Å². The molecule has 0 unspecified atom stereocenters. The Labute approximate surface area is 154 Å². The van der Waals surface area contributed by atoms with Crippen molar-refractivity contribution in [2.24, 2.45) is 0 Å². The van der Waals surface area contributed by atoms with Gasteiger partial charge in [0.1, 0.15) is 0 Å². The van der Waals surface area contributed by atoms with Crippen molar-refractivity contribution < 1.29 is 4.79 Å². The van der Waals surface area contributed by atoms with Crippen molar-refractivity contribution in [3.63, 3.8) is 0 Å². The number of aromatic nitrogens is 3. The van der Waals surface area contributed by atoms with Crippen molar-refractivity contribution in [3.8, 4) is 0 Å². The minimum absolute atomic E-state index is 0.0262. The first kappa shape index (κ1) is 18.1. The van der Waals surface area contributed by atoms with Crippen LogP contribution in [0.2, 0.25) is 0 Å². The predicted molar refractivity (Wildman–Crippen MR) is 104 cm³/mol. The number of aryl methyl sites for hydroxylation is 2. The number of benzene rings is 1. The van der Waals surface area contributed by atoms with E-state index in [1.807, 2.05) is 49.6 Å². The monoisotopic (exact) mass is 350 g/mol. The Morgan fingerprint density at radius 2 is 1.92 bits per heavy atom. The van der Waals surface area contributed by atoms with Gasteiger partial charge in [-0.1, -0.05) is 32.9 Å². The lowest BCUT2D eigenvalue weighted by atomic mass is 9.87. The van der Waals surface area contributed by atoms with Gasteiger partial charge in [0, 0.05) is 30.6 Å². The summed E-state index contributed by atoms with van der Waals surface area (Å²) in [5.41, 5.74) is 4.96. The fourth-order valence-electron chi connectivity index (χ4n) is 2.88. The number of nitrogens with zero attached hydrogens (tertiary/aromatic N) is 3. The highest BCUT2D eigenvalue weighted by Gasteiger charge is 2.14. The van der Waals surface area contributed by atoms with Crippen molar-refractivity contribution in [1.29, 1.82) is 0 Å². The SMILES string of the molecule is Cc1cc2ncc(CCCNC(=O)c3ccc(C(C)(C)C)cc3)cn2n1. The summed E-state index contributed by atoms with van der Waals surface area (Å²) in [6.45, 7) is 9.09. The normalized spacial score (nSPS) is 11.7. The molecule has 0 fully saturated rings. The first-order valence-electron chi connectivity index (χ1n) is 9.02. The first-order chi connectivity index (χ1) is 12.3. The predicted octanol–water partition coefficient (Wildman–Crippen LogP) is 3.70. The molecule has 1 aromatic carbocycles. The summed E-state index contributed by atoms with van der Waals surface area (Å²) in [5, 5.41) is 7.37. The molecule has 0 spiro atoms. The minimum Gasteiger partial charge on any atom is -0.352 e. The fourth-order valence-corrected chi connectivity index (χ4v) is 2.88. The molecule has 3 aromatic rings. The van der Waals surface area contributed by atoms with Gasteiger partial charge in [-0.3, -0.25) is 4.79 Å². The molecule has 1 amide bonds. The maximum Gasteiger partial charge on any atom is 0.251 e. The second kappa shape index (κ2) is 7.28. The van der Waals surface area contributed by atoms with E-state index in [1.54, 1.807) is 4.52 Å². The Balaban J connectivity index is 1.50. The molecule has 0 saturated carbocycles. The Kier molecular flexibility index (Phi) is 5.07. The summed E-state index contributed by atoms with van der Waals surface area (Å²) in [7, 11) is 0. The van der Waals surface area contributed by atoms with Crippen molar-refractivity contribution in [2.45, 2.75) is 46.0 Å². The molecule has 0 aliphatic heterocycles. The van der Waals surface area contributed by atoms with E-state index < -0.39 is 0 Å². The molecule has 3 rings (SSSR count). The molecular formula is C21H26N4O. The number of amides is 1. The number of hydrogen-bond donors (Lipinski definition) is 1. The molecule has 5 nitrogen and oxygen atoms in total. The van der Waals surface area contributed by atoms with Crippen molar-refractivity contribution in [3.05, 3.63) is 65.1 Å². The molecule has 1 N–H and O–H groups in total. The lowest BCUT2D eigenvalue weighted by Crippen LogP contribution is -2.25. The van der Waals surface area contributed by atoms with Gasteiger partial charge in [0.15, 0.2) is 5.65 Å². The Morgan fingerprint density at radius 1 is 1.19 bits per heavy atom. The van der Waals surface area contributed by atoms with Gasteiger partial charge in [-0.05, 0) is 48.4 Å². The Hall–Kier alpha value is -2.69. The van der Waals surface area contributed by atoms with Crippen molar-refractivity contribution in [2.75, 3.05) is 6.54 Å². The van der Waals surface area contributed by atoms with Crippen LogP contribution < -0.4 is 5.32 Å². The van der Waals surface area contributed by atoms with E-state index in [1.165, 1.54) is 5.56 Å². The summed E-state index contributed by atoms with van der Waals surface area (Å²) in [6.07, 6.45) is 5.59. The van der Waals surface area contributed by atoms with Gasteiger partial charge in [-0.2, -0.15) is 5.10 Å². The van der Waals surface area contributed by atoms with Crippen LogP contribution in [-0.4, -0.2) is 27.0 Å². The fraction of sp³-hybridized carbons (Fsp3) is 0.381. The number of fused-ring (bicyclic) bond motifs is 1.